The molecule has 2 heterocycles. The normalized spacial score (nSPS) is 24.5. The average Bonchev–Trinajstić information content (AvgIpc) is 3.01. The Morgan fingerprint density at radius 3 is 2.09 bits per heavy atom. The zero-order valence-corrected chi connectivity index (χ0v) is 25.2. The third-order valence-corrected chi connectivity index (χ3v) is 16.6. The third kappa shape index (κ3) is 6.38. The highest BCUT2D eigenvalue weighted by atomic mass is 28.4. The molecular weight excluding hydrogens is 468 g/mol. The van der Waals surface area contributed by atoms with Crippen molar-refractivity contribution in [2.45, 2.75) is 109 Å². The lowest BCUT2D eigenvalue weighted by Crippen LogP contribution is -2.51. The fraction of sp³-hybridized carbons (Fsp3) is 0.833. The van der Waals surface area contributed by atoms with E-state index in [0.717, 1.165) is 0 Å². The summed E-state index contributed by atoms with van der Waals surface area (Å²) in [6.45, 7) is 24.8. The topological polar surface area (TPSA) is 81.0 Å². The number of aromatic nitrogens is 2. The molecular formula is C24H46N2O6Si2. The number of nitrogens with zero attached hydrogens (tertiary/aromatic N) is 2. The average molecular weight is 515 g/mol. The summed E-state index contributed by atoms with van der Waals surface area (Å²) in [5, 5.41) is 0.0726. The first-order valence-electron chi connectivity index (χ1n) is 12.2. The highest BCUT2D eigenvalue weighted by Crippen LogP contribution is 2.43. The maximum absolute atomic E-state index is 12.8. The summed E-state index contributed by atoms with van der Waals surface area (Å²) in [6, 6.07) is 1.67. The standard InChI is InChI=1S/C24H46N2O6Si2/c1-13-29-18-14-15-26(22(27)25-18)21-20(28-8)19(32-34(11,12)24(5,6)7)17(31-21)16-30-33(9,10)23(2,3)4/h14-15,17,19-21H,13,16H2,1-12H3/t17-,19-,20-,21-/m1/s1. The van der Waals surface area contributed by atoms with Crippen molar-refractivity contribution in [3.05, 3.63) is 22.7 Å². The van der Waals surface area contributed by atoms with Crippen LogP contribution in [0.4, 0.5) is 0 Å². The predicted molar refractivity (Wildman–Crippen MR) is 140 cm³/mol. The Morgan fingerprint density at radius 2 is 1.62 bits per heavy atom. The van der Waals surface area contributed by atoms with Gasteiger partial charge in [-0.1, -0.05) is 41.5 Å². The molecule has 0 N–H and O–H groups in total. The summed E-state index contributed by atoms with van der Waals surface area (Å²) < 4.78 is 32.6. The van der Waals surface area contributed by atoms with Gasteiger partial charge >= 0.3 is 5.69 Å². The van der Waals surface area contributed by atoms with Crippen molar-refractivity contribution in [1.82, 2.24) is 9.55 Å². The number of hydrogen-bond acceptors (Lipinski definition) is 7. The van der Waals surface area contributed by atoms with Crippen molar-refractivity contribution in [3.63, 3.8) is 0 Å². The molecule has 2 rings (SSSR count). The van der Waals surface area contributed by atoms with Crippen LogP contribution in [0.2, 0.25) is 36.3 Å². The van der Waals surface area contributed by atoms with Gasteiger partial charge in [0.05, 0.1) is 13.2 Å². The van der Waals surface area contributed by atoms with E-state index >= 15 is 0 Å². The van der Waals surface area contributed by atoms with Gasteiger partial charge in [-0.2, -0.15) is 4.98 Å². The first-order valence-corrected chi connectivity index (χ1v) is 18.0. The number of methoxy groups -OCH3 is 1. The van der Waals surface area contributed by atoms with Crippen LogP contribution in [0.1, 0.15) is 54.7 Å². The van der Waals surface area contributed by atoms with Gasteiger partial charge in [-0.3, -0.25) is 4.57 Å². The molecule has 0 spiro atoms. The Labute approximate surface area is 207 Å². The van der Waals surface area contributed by atoms with Gasteiger partial charge in [0.1, 0.15) is 18.3 Å². The molecule has 10 heteroatoms. The fourth-order valence-electron chi connectivity index (χ4n) is 3.30. The van der Waals surface area contributed by atoms with E-state index in [1.807, 2.05) is 6.92 Å². The number of hydrogen-bond donors (Lipinski definition) is 0. The molecule has 34 heavy (non-hydrogen) atoms. The summed E-state index contributed by atoms with van der Waals surface area (Å²) in [4.78, 5) is 16.9. The van der Waals surface area contributed by atoms with Gasteiger partial charge in [0, 0.05) is 19.4 Å². The summed E-state index contributed by atoms with van der Waals surface area (Å²) in [7, 11) is -2.56. The van der Waals surface area contributed by atoms with Crippen molar-refractivity contribution in [3.8, 4) is 5.88 Å². The highest BCUT2D eigenvalue weighted by Gasteiger charge is 2.52. The molecule has 1 fully saturated rings. The summed E-state index contributed by atoms with van der Waals surface area (Å²) in [5.74, 6) is 0.294. The Morgan fingerprint density at radius 1 is 1.03 bits per heavy atom. The van der Waals surface area contributed by atoms with E-state index in [0.29, 0.717) is 19.1 Å². The Bertz CT molecular complexity index is 875. The lowest BCUT2D eigenvalue weighted by molar-refractivity contribution is -0.0613. The van der Waals surface area contributed by atoms with Crippen molar-refractivity contribution in [1.29, 1.82) is 0 Å². The van der Waals surface area contributed by atoms with Gasteiger partial charge in [0.15, 0.2) is 22.9 Å². The fourth-order valence-corrected chi connectivity index (χ4v) is 5.64. The Kier molecular flexibility index (Phi) is 9.03. The van der Waals surface area contributed by atoms with Crippen LogP contribution in [0.5, 0.6) is 5.88 Å². The van der Waals surface area contributed by atoms with Crippen LogP contribution in [0.25, 0.3) is 0 Å². The van der Waals surface area contributed by atoms with E-state index in [-0.39, 0.29) is 22.3 Å². The van der Waals surface area contributed by atoms with Gasteiger partial charge in [-0.15, -0.1) is 0 Å². The maximum atomic E-state index is 12.8. The summed E-state index contributed by atoms with van der Waals surface area (Å²) in [5.41, 5.74) is -0.449. The molecule has 0 bridgehead atoms. The highest BCUT2D eigenvalue weighted by molar-refractivity contribution is 6.74. The lowest BCUT2D eigenvalue weighted by Gasteiger charge is -2.41. The third-order valence-electron chi connectivity index (χ3n) is 7.58. The molecule has 0 amide bonds. The van der Waals surface area contributed by atoms with Crippen LogP contribution >= 0.6 is 0 Å². The van der Waals surface area contributed by atoms with Crippen LogP contribution in [0.3, 0.4) is 0 Å². The molecule has 0 unspecified atom stereocenters. The first-order chi connectivity index (χ1) is 15.4. The number of rotatable bonds is 9. The van der Waals surface area contributed by atoms with Crippen LogP contribution in [-0.2, 0) is 18.3 Å². The minimum Gasteiger partial charge on any atom is -0.478 e. The second kappa shape index (κ2) is 10.5. The largest absolute Gasteiger partial charge is 0.478 e. The van der Waals surface area contributed by atoms with Crippen LogP contribution in [-0.4, -0.2) is 64.8 Å². The maximum Gasteiger partial charge on any atom is 0.353 e. The molecule has 0 radical (unpaired) electrons. The van der Waals surface area contributed by atoms with Crippen LogP contribution in [0.15, 0.2) is 17.1 Å². The minimum atomic E-state index is -2.17. The van der Waals surface area contributed by atoms with Gasteiger partial charge in [-0.05, 0) is 43.2 Å². The van der Waals surface area contributed by atoms with Crippen molar-refractivity contribution in [2.75, 3.05) is 20.3 Å². The molecule has 1 aliphatic heterocycles. The van der Waals surface area contributed by atoms with E-state index in [2.05, 4.69) is 72.7 Å². The first kappa shape index (κ1) is 29.2. The molecule has 0 saturated carbocycles. The van der Waals surface area contributed by atoms with Crippen LogP contribution in [0, 0.1) is 0 Å². The molecule has 1 aromatic heterocycles. The predicted octanol–water partition coefficient (Wildman–Crippen LogP) is 4.97. The zero-order chi connectivity index (χ0) is 26.1. The van der Waals surface area contributed by atoms with E-state index in [4.69, 9.17) is 23.1 Å². The van der Waals surface area contributed by atoms with Gasteiger partial charge in [0.25, 0.3) is 0 Å². The molecule has 4 atom stereocenters. The molecule has 196 valence electrons. The van der Waals surface area contributed by atoms with E-state index in [9.17, 15) is 4.79 Å². The van der Waals surface area contributed by atoms with Gasteiger partial charge < -0.3 is 23.1 Å². The Balaban J connectivity index is 2.42. The van der Waals surface area contributed by atoms with E-state index in [1.54, 1.807) is 19.4 Å². The molecule has 0 aromatic carbocycles. The second-order valence-corrected chi connectivity index (χ2v) is 21.6. The number of ether oxygens (including phenoxy) is 3. The van der Waals surface area contributed by atoms with Crippen molar-refractivity contribution in [2.24, 2.45) is 0 Å². The van der Waals surface area contributed by atoms with E-state index in [1.165, 1.54) is 4.57 Å². The minimum absolute atomic E-state index is 0.00570. The van der Waals surface area contributed by atoms with Crippen LogP contribution < -0.4 is 10.4 Å². The molecule has 0 aliphatic carbocycles. The SMILES string of the molecule is CCOc1ccn([C@@H]2O[C@H](CO[Si](C)(C)C(C)(C)C)[C@@H](O[Si](C)(C)C(C)(C)C)[C@H]2OC)c(=O)n1. The summed E-state index contributed by atoms with van der Waals surface area (Å²) >= 11 is 0. The monoisotopic (exact) mass is 514 g/mol. The van der Waals surface area contributed by atoms with Gasteiger partial charge in [0.2, 0.25) is 5.88 Å². The zero-order valence-electron chi connectivity index (χ0n) is 23.2. The van der Waals surface area contributed by atoms with Crippen molar-refractivity contribution < 1.29 is 23.1 Å². The quantitative estimate of drug-likeness (QED) is 0.431. The Hall–Kier alpha value is -1.05. The smallest absolute Gasteiger partial charge is 0.353 e. The van der Waals surface area contributed by atoms with Gasteiger partial charge in [-0.25, -0.2) is 4.79 Å². The van der Waals surface area contributed by atoms with Crippen molar-refractivity contribution >= 4 is 16.6 Å². The van der Waals surface area contributed by atoms with E-state index < -0.39 is 34.7 Å². The summed E-state index contributed by atoms with van der Waals surface area (Å²) in [6.07, 6.45) is -0.267. The molecule has 8 nitrogen and oxygen atoms in total. The molecule has 1 aliphatic rings. The molecule has 1 aromatic rings. The second-order valence-electron chi connectivity index (χ2n) is 12.1. The lowest BCUT2D eigenvalue weighted by atomic mass is 10.1. The molecule has 1 saturated heterocycles.